The normalized spacial score (nSPS) is 12.8. The number of hydrogen-bond acceptors (Lipinski definition) is 3. The van der Waals surface area contributed by atoms with Crippen LogP contribution in [0.15, 0.2) is 24.3 Å². The molecule has 3 nitrogen and oxygen atoms in total. The van der Waals surface area contributed by atoms with Gasteiger partial charge in [0, 0.05) is 19.8 Å². The molecule has 0 saturated heterocycles. The smallest absolute Gasteiger partial charge is 0.0934 e. The quantitative estimate of drug-likeness (QED) is 0.0510. The van der Waals surface area contributed by atoms with Crippen LogP contribution in [0.5, 0.6) is 0 Å². The molecule has 0 radical (unpaired) electrons. The van der Waals surface area contributed by atoms with Crippen molar-refractivity contribution in [3.05, 3.63) is 24.3 Å². The molecule has 0 bridgehead atoms. The molecule has 262 valence electrons. The van der Waals surface area contributed by atoms with E-state index in [4.69, 9.17) is 9.47 Å². The first kappa shape index (κ1) is 43.4. The number of nitrogens with zero attached hydrogens (tertiary/aromatic N) is 1. The van der Waals surface area contributed by atoms with Crippen LogP contribution >= 0.6 is 0 Å². The number of allylic oxidation sites excluding steroid dienone is 4. The molecule has 0 fully saturated rings. The van der Waals surface area contributed by atoms with Crippen LogP contribution in [0, 0.1) is 0 Å². The molecule has 0 rings (SSSR count). The van der Waals surface area contributed by atoms with E-state index in [0.717, 1.165) is 26.4 Å². The maximum Gasteiger partial charge on any atom is 0.0934 e. The zero-order valence-corrected chi connectivity index (χ0v) is 30.8. The highest BCUT2D eigenvalue weighted by Crippen LogP contribution is 2.12. The lowest BCUT2D eigenvalue weighted by molar-refractivity contribution is -0.0287. The van der Waals surface area contributed by atoms with Gasteiger partial charge in [-0.2, -0.15) is 0 Å². The monoisotopic (exact) mass is 620 g/mol. The Morgan fingerprint density at radius 2 is 0.773 bits per heavy atom. The van der Waals surface area contributed by atoms with Crippen molar-refractivity contribution in [2.45, 2.75) is 200 Å². The summed E-state index contributed by atoms with van der Waals surface area (Å²) < 4.78 is 12.3. The van der Waals surface area contributed by atoms with E-state index in [1.54, 1.807) is 0 Å². The van der Waals surface area contributed by atoms with E-state index < -0.39 is 0 Å². The number of rotatable bonds is 37. The third-order valence-corrected chi connectivity index (χ3v) is 8.68. The molecule has 0 aliphatic rings. The Balaban J connectivity index is 3.52. The van der Waals surface area contributed by atoms with Gasteiger partial charge in [-0.15, -0.1) is 0 Å². The predicted molar refractivity (Wildman–Crippen MR) is 198 cm³/mol. The molecule has 0 amide bonds. The molecular weight excluding hydrogens is 538 g/mol. The molecule has 0 aromatic rings. The highest BCUT2D eigenvalue weighted by atomic mass is 16.5. The van der Waals surface area contributed by atoms with Crippen LogP contribution in [0.1, 0.15) is 194 Å². The first-order valence-corrected chi connectivity index (χ1v) is 19.8. The van der Waals surface area contributed by atoms with Crippen molar-refractivity contribution in [1.29, 1.82) is 0 Å². The van der Waals surface area contributed by atoms with Crippen molar-refractivity contribution >= 4 is 0 Å². The van der Waals surface area contributed by atoms with Gasteiger partial charge in [0.1, 0.15) is 0 Å². The van der Waals surface area contributed by atoms with Gasteiger partial charge < -0.3 is 14.4 Å². The highest BCUT2D eigenvalue weighted by Gasteiger charge is 2.10. The van der Waals surface area contributed by atoms with Gasteiger partial charge in [-0.05, 0) is 78.3 Å². The average molecular weight is 620 g/mol. The van der Waals surface area contributed by atoms with Crippen LogP contribution in [0.4, 0.5) is 0 Å². The highest BCUT2D eigenvalue weighted by molar-refractivity contribution is 4.82. The summed E-state index contributed by atoms with van der Waals surface area (Å²) in [5, 5.41) is 0. The third-order valence-electron chi connectivity index (χ3n) is 8.68. The molecule has 0 N–H and O–H groups in total. The van der Waals surface area contributed by atoms with Crippen LogP contribution in [-0.4, -0.2) is 51.5 Å². The molecular formula is C41H81NO2. The van der Waals surface area contributed by atoms with E-state index in [1.807, 2.05) is 0 Å². The Kier molecular flexibility index (Phi) is 38.0. The third kappa shape index (κ3) is 37.5. The van der Waals surface area contributed by atoms with Crippen molar-refractivity contribution in [2.75, 3.05) is 40.5 Å². The lowest BCUT2D eigenvalue weighted by Crippen LogP contribution is -2.32. The molecule has 0 aromatic carbocycles. The van der Waals surface area contributed by atoms with E-state index >= 15 is 0 Å². The Labute approximate surface area is 278 Å². The fourth-order valence-corrected chi connectivity index (χ4v) is 5.83. The largest absolute Gasteiger partial charge is 0.379 e. The Morgan fingerprint density at radius 1 is 0.432 bits per heavy atom. The van der Waals surface area contributed by atoms with Gasteiger partial charge in [-0.1, -0.05) is 154 Å². The van der Waals surface area contributed by atoms with E-state index in [-0.39, 0.29) is 6.10 Å². The fraction of sp³-hybridized carbons (Fsp3) is 0.902. The number of unbranched alkanes of at least 4 members (excludes halogenated alkanes) is 24. The van der Waals surface area contributed by atoms with Crippen LogP contribution in [-0.2, 0) is 9.47 Å². The maximum absolute atomic E-state index is 6.22. The predicted octanol–water partition coefficient (Wildman–Crippen LogP) is 13.0. The molecule has 3 heteroatoms. The molecule has 1 unspecified atom stereocenters. The van der Waals surface area contributed by atoms with Gasteiger partial charge in [-0.3, -0.25) is 0 Å². The van der Waals surface area contributed by atoms with Crippen molar-refractivity contribution in [3.63, 3.8) is 0 Å². The van der Waals surface area contributed by atoms with Crippen molar-refractivity contribution in [3.8, 4) is 0 Å². The molecule has 0 aliphatic carbocycles. The Morgan fingerprint density at radius 3 is 1.16 bits per heavy atom. The van der Waals surface area contributed by atoms with Crippen molar-refractivity contribution < 1.29 is 9.47 Å². The van der Waals surface area contributed by atoms with Gasteiger partial charge in [0.2, 0.25) is 0 Å². The zero-order valence-electron chi connectivity index (χ0n) is 30.8. The second-order valence-corrected chi connectivity index (χ2v) is 13.7. The maximum atomic E-state index is 6.22. The summed E-state index contributed by atoms with van der Waals surface area (Å²) in [6, 6.07) is 0. The van der Waals surface area contributed by atoms with E-state index in [9.17, 15) is 0 Å². The SMILES string of the molecule is CCCCCCCC/C=C\CCCCCCCCOCC(CN(C)C)OCCCCCCCC/C=C\CCCCCCCC. The minimum absolute atomic E-state index is 0.197. The van der Waals surface area contributed by atoms with Gasteiger partial charge in [0.05, 0.1) is 12.7 Å². The molecule has 0 aromatic heterocycles. The van der Waals surface area contributed by atoms with Crippen LogP contribution in [0.25, 0.3) is 0 Å². The molecule has 44 heavy (non-hydrogen) atoms. The molecule has 0 saturated carbocycles. The average Bonchev–Trinajstić information content (AvgIpc) is 3.01. The summed E-state index contributed by atoms with van der Waals surface area (Å²) >= 11 is 0. The molecule has 0 aliphatic heterocycles. The minimum atomic E-state index is 0.197. The zero-order chi connectivity index (χ0) is 32.0. The number of hydrogen-bond donors (Lipinski definition) is 0. The lowest BCUT2D eigenvalue weighted by atomic mass is 10.1. The lowest BCUT2D eigenvalue weighted by Gasteiger charge is -2.21. The Hall–Kier alpha value is -0.640. The first-order chi connectivity index (χ1) is 21.7. The number of ether oxygens (including phenoxy) is 2. The van der Waals surface area contributed by atoms with Gasteiger partial charge in [-0.25, -0.2) is 0 Å². The summed E-state index contributed by atoms with van der Waals surface area (Å²) in [6.07, 6.45) is 47.6. The topological polar surface area (TPSA) is 21.7 Å². The van der Waals surface area contributed by atoms with Gasteiger partial charge >= 0.3 is 0 Å². The van der Waals surface area contributed by atoms with Crippen LogP contribution in [0.2, 0.25) is 0 Å². The number of likely N-dealkylation sites (N-methyl/N-ethyl adjacent to an activating group) is 1. The van der Waals surface area contributed by atoms with Gasteiger partial charge in [0.25, 0.3) is 0 Å². The minimum Gasteiger partial charge on any atom is -0.379 e. The molecule has 1 atom stereocenters. The summed E-state index contributed by atoms with van der Waals surface area (Å²) in [4.78, 5) is 2.22. The van der Waals surface area contributed by atoms with Gasteiger partial charge in [0.15, 0.2) is 0 Å². The van der Waals surface area contributed by atoms with E-state index in [2.05, 4.69) is 57.1 Å². The van der Waals surface area contributed by atoms with Crippen LogP contribution in [0.3, 0.4) is 0 Å². The second kappa shape index (κ2) is 38.5. The summed E-state index contributed by atoms with van der Waals surface area (Å²) in [6.45, 7) is 8.00. The summed E-state index contributed by atoms with van der Waals surface area (Å²) in [7, 11) is 4.26. The molecule has 0 spiro atoms. The summed E-state index contributed by atoms with van der Waals surface area (Å²) in [5.41, 5.74) is 0. The summed E-state index contributed by atoms with van der Waals surface area (Å²) in [5.74, 6) is 0. The van der Waals surface area contributed by atoms with E-state index in [1.165, 1.54) is 180 Å². The van der Waals surface area contributed by atoms with Crippen LogP contribution < -0.4 is 0 Å². The Bertz CT molecular complexity index is 573. The molecule has 0 heterocycles. The first-order valence-electron chi connectivity index (χ1n) is 19.8. The standard InChI is InChI=1S/C41H81NO2/c1-5-7-9-11-13-15-17-19-21-23-25-27-29-31-33-35-37-43-40-41(39-42(3)4)44-38-36-34-32-30-28-26-24-22-20-18-16-14-12-10-8-6-2/h19-22,41H,5-18,23-40H2,1-4H3/b21-19-,22-20-. The second-order valence-electron chi connectivity index (χ2n) is 13.7. The van der Waals surface area contributed by atoms with E-state index in [0.29, 0.717) is 0 Å². The fourth-order valence-electron chi connectivity index (χ4n) is 5.83. The van der Waals surface area contributed by atoms with Crippen molar-refractivity contribution in [2.24, 2.45) is 0 Å². The van der Waals surface area contributed by atoms with Crippen molar-refractivity contribution in [1.82, 2.24) is 4.90 Å².